The molecule has 3 N–H and O–H groups in total. The fourth-order valence-corrected chi connectivity index (χ4v) is 2.15. The van der Waals surface area contributed by atoms with E-state index in [0.29, 0.717) is 17.0 Å². The number of rotatable bonds is 5. The van der Waals surface area contributed by atoms with Gasteiger partial charge in [-0.2, -0.15) is 0 Å². The molecule has 0 saturated carbocycles. The number of benzene rings is 1. The zero-order valence-electron chi connectivity index (χ0n) is 11.8. The number of pyridine rings is 1. The molecule has 1 aromatic heterocycles. The molecule has 0 unspecified atom stereocenters. The Labute approximate surface area is 125 Å². The molecule has 114 valence electrons. The number of carbonyl (C=O) groups is 2. The highest BCUT2D eigenvalue weighted by atomic mass is 16.5. The molecular weight excluding hydrogens is 288 g/mol. The SMILES string of the molecule is COc1ccccc1-c1ccc(C(=O)O)c(=O)n1CC(N)=O. The highest BCUT2D eigenvalue weighted by Crippen LogP contribution is 2.28. The highest BCUT2D eigenvalue weighted by Gasteiger charge is 2.18. The van der Waals surface area contributed by atoms with Crippen molar-refractivity contribution in [2.45, 2.75) is 6.54 Å². The Balaban J connectivity index is 2.75. The molecule has 0 aliphatic carbocycles. The Morgan fingerprint density at radius 3 is 2.50 bits per heavy atom. The summed E-state index contributed by atoms with van der Waals surface area (Å²) in [7, 11) is 1.47. The molecule has 0 radical (unpaired) electrons. The van der Waals surface area contributed by atoms with Crippen molar-refractivity contribution >= 4 is 11.9 Å². The van der Waals surface area contributed by atoms with E-state index in [1.807, 2.05) is 0 Å². The second kappa shape index (κ2) is 6.13. The van der Waals surface area contributed by atoms with Crippen molar-refractivity contribution in [1.82, 2.24) is 4.57 Å². The van der Waals surface area contributed by atoms with Gasteiger partial charge in [0, 0.05) is 5.56 Å². The summed E-state index contributed by atoms with van der Waals surface area (Å²) < 4.78 is 6.26. The van der Waals surface area contributed by atoms with Gasteiger partial charge in [0.2, 0.25) is 5.91 Å². The van der Waals surface area contributed by atoms with Crippen molar-refractivity contribution in [2.75, 3.05) is 7.11 Å². The number of hydrogen-bond donors (Lipinski definition) is 2. The van der Waals surface area contributed by atoms with Gasteiger partial charge in [0.05, 0.1) is 12.8 Å². The van der Waals surface area contributed by atoms with Crippen LogP contribution in [0.2, 0.25) is 0 Å². The number of carboxylic acids is 1. The normalized spacial score (nSPS) is 10.2. The molecule has 7 heteroatoms. The molecule has 0 saturated heterocycles. The van der Waals surface area contributed by atoms with Crippen molar-refractivity contribution in [3.05, 3.63) is 52.3 Å². The van der Waals surface area contributed by atoms with Gasteiger partial charge >= 0.3 is 5.97 Å². The standard InChI is InChI=1S/C15H14N2O5/c1-22-12-5-3-2-4-9(12)11-7-6-10(15(20)21)14(19)17(11)8-13(16)18/h2-7H,8H2,1H3,(H2,16,18)(H,20,21). The van der Waals surface area contributed by atoms with Gasteiger partial charge in [-0.25, -0.2) is 4.79 Å². The molecule has 0 aliphatic rings. The number of nitrogens with zero attached hydrogens (tertiary/aromatic N) is 1. The molecule has 0 spiro atoms. The fourth-order valence-electron chi connectivity index (χ4n) is 2.15. The maximum atomic E-state index is 12.3. The second-order valence-corrected chi connectivity index (χ2v) is 4.50. The van der Waals surface area contributed by atoms with E-state index in [0.717, 1.165) is 4.57 Å². The Kier molecular flexibility index (Phi) is 4.26. The molecule has 0 fully saturated rings. The monoisotopic (exact) mass is 302 g/mol. The van der Waals surface area contributed by atoms with Crippen LogP contribution in [0.5, 0.6) is 5.75 Å². The van der Waals surface area contributed by atoms with E-state index in [9.17, 15) is 14.4 Å². The molecule has 7 nitrogen and oxygen atoms in total. The first-order valence-electron chi connectivity index (χ1n) is 6.34. The maximum absolute atomic E-state index is 12.3. The Hall–Kier alpha value is -3.09. The quantitative estimate of drug-likeness (QED) is 0.844. The first kappa shape index (κ1) is 15.3. The number of para-hydroxylation sites is 1. The topological polar surface area (TPSA) is 112 Å². The Morgan fingerprint density at radius 2 is 1.91 bits per heavy atom. The number of primary amides is 1. The third-order valence-electron chi connectivity index (χ3n) is 3.10. The predicted molar refractivity (Wildman–Crippen MR) is 78.8 cm³/mol. The van der Waals surface area contributed by atoms with Gasteiger partial charge < -0.3 is 15.6 Å². The van der Waals surface area contributed by atoms with Crippen LogP contribution in [0.3, 0.4) is 0 Å². The lowest BCUT2D eigenvalue weighted by Crippen LogP contribution is -2.32. The van der Waals surface area contributed by atoms with Crippen LogP contribution in [-0.2, 0) is 11.3 Å². The van der Waals surface area contributed by atoms with Crippen LogP contribution in [0.15, 0.2) is 41.2 Å². The molecule has 2 rings (SSSR count). The molecule has 2 aromatic rings. The summed E-state index contributed by atoms with van der Waals surface area (Å²) >= 11 is 0. The summed E-state index contributed by atoms with van der Waals surface area (Å²) in [6, 6.07) is 9.53. The molecule has 0 aliphatic heterocycles. The largest absolute Gasteiger partial charge is 0.496 e. The molecule has 0 bridgehead atoms. The summed E-state index contributed by atoms with van der Waals surface area (Å²) in [5.41, 5.74) is 4.84. The first-order valence-corrected chi connectivity index (χ1v) is 6.34. The minimum atomic E-state index is -1.37. The average molecular weight is 302 g/mol. The van der Waals surface area contributed by atoms with Gasteiger partial charge in [0.25, 0.3) is 5.56 Å². The number of carbonyl (C=O) groups excluding carboxylic acids is 1. The molecule has 1 amide bonds. The lowest BCUT2D eigenvalue weighted by molar-refractivity contribution is -0.118. The smallest absolute Gasteiger partial charge is 0.341 e. The molecule has 0 atom stereocenters. The first-order chi connectivity index (χ1) is 10.5. The number of amides is 1. The van der Waals surface area contributed by atoms with Crippen LogP contribution >= 0.6 is 0 Å². The molecule has 1 aromatic carbocycles. The van der Waals surface area contributed by atoms with Crippen molar-refractivity contribution in [1.29, 1.82) is 0 Å². The van der Waals surface area contributed by atoms with E-state index in [1.165, 1.54) is 19.2 Å². The summed E-state index contributed by atoms with van der Waals surface area (Å²) in [6.45, 7) is -0.423. The summed E-state index contributed by atoms with van der Waals surface area (Å²) in [5.74, 6) is -1.63. The van der Waals surface area contributed by atoms with Gasteiger partial charge in [-0.1, -0.05) is 12.1 Å². The van der Waals surface area contributed by atoms with Crippen molar-refractivity contribution in [3.63, 3.8) is 0 Å². The van der Waals surface area contributed by atoms with Gasteiger partial charge in [0.15, 0.2) is 0 Å². The van der Waals surface area contributed by atoms with Gasteiger partial charge in [-0.15, -0.1) is 0 Å². The highest BCUT2D eigenvalue weighted by molar-refractivity contribution is 5.88. The number of aromatic nitrogens is 1. The molecule has 22 heavy (non-hydrogen) atoms. The van der Waals surface area contributed by atoms with E-state index in [-0.39, 0.29) is 0 Å². The Bertz CT molecular complexity index is 795. The number of methoxy groups -OCH3 is 1. The van der Waals surface area contributed by atoms with Crippen molar-refractivity contribution in [3.8, 4) is 17.0 Å². The van der Waals surface area contributed by atoms with Crippen LogP contribution in [0.4, 0.5) is 0 Å². The average Bonchev–Trinajstić information content (AvgIpc) is 2.48. The number of ether oxygens (including phenoxy) is 1. The minimum Gasteiger partial charge on any atom is -0.496 e. The van der Waals surface area contributed by atoms with Crippen LogP contribution in [0.1, 0.15) is 10.4 Å². The van der Waals surface area contributed by atoms with E-state index >= 15 is 0 Å². The zero-order chi connectivity index (χ0) is 16.3. The van der Waals surface area contributed by atoms with Gasteiger partial charge in [-0.05, 0) is 24.3 Å². The van der Waals surface area contributed by atoms with Gasteiger partial charge in [-0.3, -0.25) is 14.2 Å². The maximum Gasteiger partial charge on any atom is 0.341 e. The molecule has 1 heterocycles. The number of hydrogen-bond acceptors (Lipinski definition) is 4. The van der Waals surface area contributed by atoms with Crippen molar-refractivity contribution in [2.24, 2.45) is 5.73 Å². The van der Waals surface area contributed by atoms with Crippen LogP contribution in [-0.4, -0.2) is 28.7 Å². The van der Waals surface area contributed by atoms with Crippen LogP contribution in [0.25, 0.3) is 11.3 Å². The summed E-state index contributed by atoms with van der Waals surface area (Å²) in [6.07, 6.45) is 0. The number of carboxylic acid groups (broad SMARTS) is 1. The second-order valence-electron chi connectivity index (χ2n) is 4.50. The molecular formula is C15H14N2O5. The number of aromatic carboxylic acids is 1. The number of nitrogens with two attached hydrogens (primary N) is 1. The minimum absolute atomic E-state index is 0.353. The predicted octanol–water partition coefficient (Wildman–Crippen LogP) is 0.707. The van der Waals surface area contributed by atoms with E-state index in [4.69, 9.17) is 15.6 Å². The van der Waals surface area contributed by atoms with Crippen molar-refractivity contribution < 1.29 is 19.4 Å². The lowest BCUT2D eigenvalue weighted by Gasteiger charge is -2.14. The summed E-state index contributed by atoms with van der Waals surface area (Å²) in [5, 5.41) is 9.03. The van der Waals surface area contributed by atoms with E-state index in [2.05, 4.69) is 0 Å². The van der Waals surface area contributed by atoms with Gasteiger partial charge in [0.1, 0.15) is 17.9 Å². The fraction of sp³-hybridized carbons (Fsp3) is 0.133. The van der Waals surface area contributed by atoms with E-state index in [1.54, 1.807) is 24.3 Å². The zero-order valence-corrected chi connectivity index (χ0v) is 11.8. The van der Waals surface area contributed by atoms with Crippen LogP contribution in [0, 0.1) is 0 Å². The third-order valence-corrected chi connectivity index (χ3v) is 3.10. The van der Waals surface area contributed by atoms with Crippen LogP contribution < -0.4 is 16.0 Å². The lowest BCUT2D eigenvalue weighted by atomic mass is 10.1. The third kappa shape index (κ3) is 2.83. The Morgan fingerprint density at radius 1 is 1.23 bits per heavy atom. The summed E-state index contributed by atoms with van der Waals surface area (Å²) in [4.78, 5) is 34.6. The van der Waals surface area contributed by atoms with E-state index < -0.39 is 29.5 Å².